The number of nitrogens with zero attached hydrogens (tertiary/aromatic N) is 4. The zero-order valence-electron chi connectivity index (χ0n) is 17.3. The van der Waals surface area contributed by atoms with E-state index >= 15 is 0 Å². The fourth-order valence-electron chi connectivity index (χ4n) is 5.22. The van der Waals surface area contributed by atoms with E-state index in [1.54, 1.807) is 0 Å². The lowest BCUT2D eigenvalue weighted by molar-refractivity contribution is 0.0138. The second-order valence-corrected chi connectivity index (χ2v) is 8.77. The molecule has 2 fully saturated rings. The lowest BCUT2D eigenvalue weighted by Gasteiger charge is -2.50. The van der Waals surface area contributed by atoms with Crippen molar-refractivity contribution in [1.82, 2.24) is 19.6 Å². The van der Waals surface area contributed by atoms with Gasteiger partial charge in [-0.25, -0.2) is 0 Å². The van der Waals surface area contributed by atoms with E-state index in [0.29, 0.717) is 11.3 Å². The van der Waals surface area contributed by atoms with Crippen LogP contribution in [-0.2, 0) is 13.1 Å². The molecule has 0 amide bonds. The molecular formula is C24H34N4. The minimum atomic E-state index is 0.484. The lowest BCUT2D eigenvalue weighted by atomic mass is 9.68. The quantitative estimate of drug-likeness (QED) is 0.706. The van der Waals surface area contributed by atoms with Gasteiger partial charge >= 0.3 is 0 Å². The number of likely N-dealkylation sites (tertiary alicyclic amines) is 2. The maximum atomic E-state index is 4.43. The van der Waals surface area contributed by atoms with Gasteiger partial charge in [0.25, 0.3) is 0 Å². The van der Waals surface area contributed by atoms with Gasteiger partial charge < -0.3 is 4.90 Å². The average Bonchev–Trinajstić information content (AvgIpc) is 3.17. The highest BCUT2D eigenvalue weighted by atomic mass is 15.3. The summed E-state index contributed by atoms with van der Waals surface area (Å²) in [4.78, 5) is 5.30. The minimum absolute atomic E-state index is 0.484. The van der Waals surface area contributed by atoms with Crippen molar-refractivity contribution in [3.63, 3.8) is 0 Å². The molecule has 4 nitrogen and oxygen atoms in total. The van der Waals surface area contributed by atoms with Crippen LogP contribution in [0.5, 0.6) is 0 Å². The maximum absolute atomic E-state index is 4.43. The fourth-order valence-corrected chi connectivity index (χ4v) is 5.22. The van der Waals surface area contributed by atoms with Gasteiger partial charge in [-0.15, -0.1) is 6.58 Å². The fraction of sp³-hybridized carbons (Fsp3) is 0.542. The molecule has 28 heavy (non-hydrogen) atoms. The van der Waals surface area contributed by atoms with Crippen molar-refractivity contribution in [2.75, 3.05) is 32.7 Å². The number of allylic oxidation sites excluding steroid dienone is 1. The van der Waals surface area contributed by atoms with E-state index in [1.165, 1.54) is 56.6 Å². The van der Waals surface area contributed by atoms with Crippen LogP contribution in [0.1, 0.15) is 43.2 Å². The largest absolute Gasteiger partial charge is 0.302 e. The van der Waals surface area contributed by atoms with E-state index < -0.39 is 0 Å². The van der Waals surface area contributed by atoms with Crippen molar-refractivity contribution in [3.05, 3.63) is 66.5 Å². The standard InChI is InChI=1S/C24H34N4/c1-3-12-28-18-21(16-25-28)17-27-13-10-24(11-14-27)15-23(19-26(4-2)20-24)22-8-6-5-7-9-22/h3,5-9,16,18,23H,1,4,10-15,17,19-20H2,2H3/t23-/m1/s1. The molecule has 2 aromatic rings. The van der Waals surface area contributed by atoms with Gasteiger partial charge in [-0.2, -0.15) is 5.10 Å². The third-order valence-electron chi connectivity index (χ3n) is 6.76. The molecule has 0 saturated carbocycles. The Morgan fingerprint density at radius 3 is 2.68 bits per heavy atom. The molecule has 4 heteroatoms. The highest BCUT2D eigenvalue weighted by Gasteiger charge is 2.41. The topological polar surface area (TPSA) is 24.3 Å². The summed E-state index contributed by atoms with van der Waals surface area (Å²) in [5, 5.41) is 4.43. The molecular weight excluding hydrogens is 344 g/mol. The molecule has 2 aliphatic heterocycles. The number of aromatic nitrogens is 2. The van der Waals surface area contributed by atoms with Crippen molar-refractivity contribution in [3.8, 4) is 0 Å². The van der Waals surface area contributed by atoms with Crippen molar-refractivity contribution >= 4 is 0 Å². The van der Waals surface area contributed by atoms with Crippen LogP contribution in [0.25, 0.3) is 0 Å². The third kappa shape index (κ3) is 4.39. The number of likely N-dealkylation sites (N-methyl/N-ethyl adjacent to an activating group) is 1. The van der Waals surface area contributed by atoms with E-state index in [4.69, 9.17) is 0 Å². The van der Waals surface area contributed by atoms with Crippen molar-refractivity contribution in [2.45, 2.75) is 45.2 Å². The van der Waals surface area contributed by atoms with E-state index in [9.17, 15) is 0 Å². The van der Waals surface area contributed by atoms with Gasteiger partial charge in [-0.3, -0.25) is 9.58 Å². The highest BCUT2D eigenvalue weighted by molar-refractivity contribution is 5.21. The molecule has 150 valence electrons. The van der Waals surface area contributed by atoms with Gasteiger partial charge in [-0.05, 0) is 55.8 Å². The summed E-state index contributed by atoms with van der Waals surface area (Å²) in [6.07, 6.45) is 10.0. The van der Waals surface area contributed by atoms with E-state index in [1.807, 2.05) is 17.0 Å². The van der Waals surface area contributed by atoms with Gasteiger partial charge in [0.15, 0.2) is 0 Å². The molecule has 0 radical (unpaired) electrons. The van der Waals surface area contributed by atoms with Crippen LogP contribution in [-0.4, -0.2) is 52.3 Å². The molecule has 2 saturated heterocycles. The van der Waals surface area contributed by atoms with Crippen molar-refractivity contribution in [2.24, 2.45) is 5.41 Å². The number of piperidine rings is 2. The van der Waals surface area contributed by atoms with Gasteiger partial charge in [0, 0.05) is 31.4 Å². The van der Waals surface area contributed by atoms with Crippen LogP contribution >= 0.6 is 0 Å². The Hall–Kier alpha value is -1.91. The average molecular weight is 379 g/mol. The van der Waals surface area contributed by atoms with E-state index in [-0.39, 0.29) is 0 Å². The molecule has 0 unspecified atom stereocenters. The molecule has 1 spiro atoms. The first-order valence-corrected chi connectivity index (χ1v) is 10.8. The molecule has 0 N–H and O–H groups in total. The third-order valence-corrected chi connectivity index (χ3v) is 6.76. The summed E-state index contributed by atoms with van der Waals surface area (Å²) in [5.41, 5.74) is 3.33. The van der Waals surface area contributed by atoms with Gasteiger partial charge in [0.05, 0.1) is 12.7 Å². The van der Waals surface area contributed by atoms with Crippen molar-refractivity contribution in [1.29, 1.82) is 0 Å². The van der Waals surface area contributed by atoms with Crippen molar-refractivity contribution < 1.29 is 0 Å². The number of benzene rings is 1. The molecule has 2 aliphatic rings. The highest BCUT2D eigenvalue weighted by Crippen LogP contribution is 2.45. The summed E-state index contributed by atoms with van der Waals surface area (Å²) < 4.78 is 1.97. The summed E-state index contributed by atoms with van der Waals surface area (Å²) in [6.45, 7) is 14.0. The maximum Gasteiger partial charge on any atom is 0.0587 e. The number of hydrogen-bond donors (Lipinski definition) is 0. The second-order valence-electron chi connectivity index (χ2n) is 8.77. The zero-order valence-corrected chi connectivity index (χ0v) is 17.3. The Labute approximate surface area is 169 Å². The second kappa shape index (κ2) is 8.62. The Morgan fingerprint density at radius 1 is 1.18 bits per heavy atom. The number of hydrogen-bond acceptors (Lipinski definition) is 3. The van der Waals surface area contributed by atoms with E-state index in [2.05, 4.69) is 64.9 Å². The summed E-state index contributed by atoms with van der Waals surface area (Å²) in [7, 11) is 0. The zero-order chi connectivity index (χ0) is 19.4. The monoisotopic (exact) mass is 378 g/mol. The van der Waals surface area contributed by atoms with Gasteiger partial charge in [0.1, 0.15) is 0 Å². The molecule has 1 atom stereocenters. The summed E-state index contributed by atoms with van der Waals surface area (Å²) in [5.74, 6) is 0.679. The van der Waals surface area contributed by atoms with Crippen LogP contribution < -0.4 is 0 Å². The van der Waals surface area contributed by atoms with Gasteiger partial charge in [0.2, 0.25) is 0 Å². The Balaban J connectivity index is 1.39. The molecule has 3 heterocycles. The molecule has 0 bridgehead atoms. The van der Waals surface area contributed by atoms with Crippen LogP contribution in [0.4, 0.5) is 0 Å². The predicted octanol–water partition coefficient (Wildman–Crippen LogP) is 4.16. The van der Waals surface area contributed by atoms with Crippen LogP contribution in [0.15, 0.2) is 55.4 Å². The minimum Gasteiger partial charge on any atom is -0.302 e. The Kier molecular flexibility index (Phi) is 5.98. The van der Waals surface area contributed by atoms with Crippen LogP contribution in [0, 0.1) is 5.41 Å². The molecule has 0 aliphatic carbocycles. The first kappa shape index (κ1) is 19.4. The van der Waals surface area contributed by atoms with Gasteiger partial charge in [-0.1, -0.05) is 43.3 Å². The van der Waals surface area contributed by atoms with E-state index in [0.717, 1.165) is 19.6 Å². The number of rotatable bonds is 6. The SMILES string of the molecule is C=CCn1cc(CN2CCC3(CC2)C[C@@H](c2ccccc2)CN(CC)C3)cn1. The Bertz CT molecular complexity index is 758. The molecule has 4 rings (SSSR count). The normalized spacial score (nSPS) is 23.1. The predicted molar refractivity (Wildman–Crippen MR) is 115 cm³/mol. The first-order chi connectivity index (χ1) is 13.7. The summed E-state index contributed by atoms with van der Waals surface area (Å²) >= 11 is 0. The van der Waals surface area contributed by atoms with Crippen LogP contribution in [0.2, 0.25) is 0 Å². The molecule has 1 aromatic carbocycles. The summed E-state index contributed by atoms with van der Waals surface area (Å²) in [6, 6.07) is 11.2. The Morgan fingerprint density at radius 2 is 1.96 bits per heavy atom. The van der Waals surface area contributed by atoms with Crippen LogP contribution in [0.3, 0.4) is 0 Å². The first-order valence-electron chi connectivity index (χ1n) is 10.8. The molecule has 1 aromatic heterocycles. The lowest BCUT2D eigenvalue weighted by Crippen LogP contribution is -2.51. The smallest absolute Gasteiger partial charge is 0.0587 e.